The van der Waals surface area contributed by atoms with E-state index in [-0.39, 0.29) is 11.8 Å². The number of allylic oxidation sites excluding steroid dienone is 1. The van der Waals surface area contributed by atoms with Crippen LogP contribution < -0.4 is 4.74 Å². The number of benzene rings is 2. The number of hydrogen-bond acceptors (Lipinski definition) is 3. The maximum atomic E-state index is 12.3. The summed E-state index contributed by atoms with van der Waals surface area (Å²) in [4.78, 5) is 14.0. The van der Waals surface area contributed by atoms with E-state index in [9.17, 15) is 4.79 Å². The molecule has 1 fully saturated rings. The lowest BCUT2D eigenvalue weighted by atomic mass is 9.93. The molecule has 3 aromatic rings. The molecule has 1 aromatic heterocycles. The van der Waals surface area contributed by atoms with Gasteiger partial charge in [0.05, 0.1) is 7.11 Å². The standard InChI is InChI=1S/C20H19NO3/c1-12(2)21-11-13(10-18(21)22)14-8-9-17(23-3)20-19(14)15-6-4-5-7-16(15)24-20/h4-9,13H,1,10-11H2,2-3H3. The van der Waals surface area contributed by atoms with Crippen LogP contribution in [0, 0.1) is 0 Å². The fourth-order valence-electron chi connectivity index (χ4n) is 3.62. The fourth-order valence-corrected chi connectivity index (χ4v) is 3.62. The zero-order valence-corrected chi connectivity index (χ0v) is 13.8. The predicted octanol–water partition coefficient (Wildman–Crippen LogP) is 4.44. The van der Waals surface area contributed by atoms with Crippen LogP contribution >= 0.6 is 0 Å². The Morgan fingerprint density at radius 3 is 2.79 bits per heavy atom. The molecule has 24 heavy (non-hydrogen) atoms. The Morgan fingerprint density at radius 2 is 2.08 bits per heavy atom. The lowest BCUT2D eigenvalue weighted by Crippen LogP contribution is -2.22. The van der Waals surface area contributed by atoms with Crippen LogP contribution in [-0.2, 0) is 4.79 Å². The third-order valence-corrected chi connectivity index (χ3v) is 4.77. The molecule has 2 aromatic carbocycles. The van der Waals surface area contributed by atoms with Crippen LogP contribution in [-0.4, -0.2) is 24.5 Å². The summed E-state index contributed by atoms with van der Waals surface area (Å²) < 4.78 is 11.5. The van der Waals surface area contributed by atoms with Crippen molar-refractivity contribution in [3.05, 3.63) is 54.2 Å². The van der Waals surface area contributed by atoms with Crippen molar-refractivity contribution in [3.63, 3.8) is 0 Å². The number of methoxy groups -OCH3 is 1. The molecule has 122 valence electrons. The van der Waals surface area contributed by atoms with E-state index in [4.69, 9.17) is 9.15 Å². The van der Waals surface area contributed by atoms with Gasteiger partial charge in [-0.3, -0.25) is 4.79 Å². The number of likely N-dealkylation sites (tertiary alicyclic amines) is 1. The highest BCUT2D eigenvalue weighted by Crippen LogP contribution is 2.42. The van der Waals surface area contributed by atoms with Crippen LogP contribution in [0.25, 0.3) is 21.9 Å². The molecule has 4 nitrogen and oxygen atoms in total. The van der Waals surface area contributed by atoms with Gasteiger partial charge in [0.2, 0.25) is 5.91 Å². The predicted molar refractivity (Wildman–Crippen MR) is 94.2 cm³/mol. The van der Waals surface area contributed by atoms with Gasteiger partial charge in [0.25, 0.3) is 0 Å². The highest BCUT2D eigenvalue weighted by Gasteiger charge is 2.33. The summed E-state index contributed by atoms with van der Waals surface area (Å²) in [5, 5.41) is 2.11. The van der Waals surface area contributed by atoms with Gasteiger partial charge in [-0.1, -0.05) is 30.8 Å². The second-order valence-corrected chi connectivity index (χ2v) is 6.30. The van der Waals surface area contributed by atoms with Crippen molar-refractivity contribution in [2.75, 3.05) is 13.7 Å². The summed E-state index contributed by atoms with van der Waals surface area (Å²) >= 11 is 0. The zero-order chi connectivity index (χ0) is 16.8. The van der Waals surface area contributed by atoms with Gasteiger partial charge in [-0.05, 0) is 24.6 Å². The highest BCUT2D eigenvalue weighted by molar-refractivity contribution is 6.09. The molecule has 0 spiro atoms. The SMILES string of the molecule is C=C(C)N1CC(c2ccc(OC)c3oc4ccccc4c23)CC1=O. The lowest BCUT2D eigenvalue weighted by molar-refractivity contribution is -0.126. The first-order valence-electron chi connectivity index (χ1n) is 8.04. The molecule has 4 heteroatoms. The molecule has 1 aliphatic rings. The third-order valence-electron chi connectivity index (χ3n) is 4.77. The van der Waals surface area contributed by atoms with E-state index in [1.165, 1.54) is 0 Å². The number of amides is 1. The smallest absolute Gasteiger partial charge is 0.227 e. The van der Waals surface area contributed by atoms with E-state index < -0.39 is 0 Å². The number of ether oxygens (including phenoxy) is 1. The number of para-hydroxylation sites is 1. The molecule has 1 unspecified atom stereocenters. The van der Waals surface area contributed by atoms with Crippen LogP contribution in [0.5, 0.6) is 5.75 Å². The molecule has 1 saturated heterocycles. The van der Waals surface area contributed by atoms with Crippen molar-refractivity contribution >= 4 is 27.8 Å². The molecule has 0 saturated carbocycles. The molecular formula is C20H19NO3. The first kappa shape index (κ1) is 14.8. The average Bonchev–Trinajstić information content (AvgIpc) is 3.15. The normalized spacial score (nSPS) is 17.8. The summed E-state index contributed by atoms with van der Waals surface area (Å²) in [5.41, 5.74) is 3.51. The van der Waals surface area contributed by atoms with Crippen LogP contribution in [0.3, 0.4) is 0 Å². The summed E-state index contributed by atoms with van der Waals surface area (Å²) in [6.45, 7) is 6.45. The number of carbonyl (C=O) groups is 1. The Hall–Kier alpha value is -2.75. The Kier molecular flexibility index (Phi) is 3.34. The first-order chi connectivity index (χ1) is 11.6. The lowest BCUT2D eigenvalue weighted by Gasteiger charge is -2.16. The Bertz CT molecular complexity index is 970. The third kappa shape index (κ3) is 2.10. The molecule has 1 aliphatic heterocycles. The van der Waals surface area contributed by atoms with Gasteiger partial charge in [-0.2, -0.15) is 0 Å². The topological polar surface area (TPSA) is 42.7 Å². The van der Waals surface area contributed by atoms with Crippen molar-refractivity contribution in [3.8, 4) is 5.75 Å². The number of nitrogens with zero attached hydrogens (tertiary/aromatic N) is 1. The molecule has 1 atom stereocenters. The van der Waals surface area contributed by atoms with Gasteiger partial charge >= 0.3 is 0 Å². The monoisotopic (exact) mass is 321 g/mol. The number of furan rings is 1. The number of hydrogen-bond donors (Lipinski definition) is 0. The minimum atomic E-state index is 0.128. The van der Waals surface area contributed by atoms with E-state index in [1.54, 1.807) is 12.0 Å². The zero-order valence-electron chi connectivity index (χ0n) is 13.8. The van der Waals surface area contributed by atoms with Crippen molar-refractivity contribution in [1.29, 1.82) is 0 Å². The highest BCUT2D eigenvalue weighted by atomic mass is 16.5. The molecular weight excluding hydrogens is 302 g/mol. The van der Waals surface area contributed by atoms with Crippen molar-refractivity contribution in [2.24, 2.45) is 0 Å². The van der Waals surface area contributed by atoms with Crippen LogP contribution in [0.15, 0.2) is 53.1 Å². The van der Waals surface area contributed by atoms with Crippen LogP contribution in [0.4, 0.5) is 0 Å². The van der Waals surface area contributed by atoms with Gasteiger partial charge in [0.1, 0.15) is 5.58 Å². The summed E-state index contributed by atoms with van der Waals surface area (Å²) in [7, 11) is 1.64. The van der Waals surface area contributed by atoms with Gasteiger partial charge in [-0.15, -0.1) is 0 Å². The molecule has 0 N–H and O–H groups in total. The van der Waals surface area contributed by atoms with Gasteiger partial charge < -0.3 is 14.1 Å². The van der Waals surface area contributed by atoms with Crippen LogP contribution in [0.1, 0.15) is 24.8 Å². The second-order valence-electron chi connectivity index (χ2n) is 6.30. The minimum Gasteiger partial charge on any atom is -0.493 e. The van der Waals surface area contributed by atoms with Crippen molar-refractivity contribution < 1.29 is 13.9 Å². The summed E-state index contributed by atoms with van der Waals surface area (Å²) in [5.74, 6) is 0.971. The van der Waals surface area contributed by atoms with E-state index in [1.807, 2.05) is 31.2 Å². The number of rotatable bonds is 3. The summed E-state index contributed by atoms with van der Waals surface area (Å²) in [6, 6.07) is 12.0. The number of carbonyl (C=O) groups excluding carboxylic acids is 1. The van der Waals surface area contributed by atoms with Gasteiger partial charge in [0.15, 0.2) is 11.3 Å². The summed E-state index contributed by atoms with van der Waals surface area (Å²) in [6.07, 6.45) is 0.494. The van der Waals surface area contributed by atoms with Gasteiger partial charge in [-0.25, -0.2) is 0 Å². The maximum absolute atomic E-state index is 12.3. The Labute approximate surface area is 140 Å². The van der Waals surface area contributed by atoms with Crippen molar-refractivity contribution in [2.45, 2.75) is 19.3 Å². The average molecular weight is 321 g/mol. The molecule has 0 bridgehead atoms. The number of fused-ring (bicyclic) bond motifs is 3. The van der Waals surface area contributed by atoms with E-state index in [0.717, 1.165) is 33.2 Å². The Morgan fingerprint density at radius 1 is 1.29 bits per heavy atom. The van der Waals surface area contributed by atoms with Crippen molar-refractivity contribution in [1.82, 2.24) is 4.90 Å². The largest absolute Gasteiger partial charge is 0.493 e. The van der Waals surface area contributed by atoms with Crippen LogP contribution in [0.2, 0.25) is 0 Å². The molecule has 2 heterocycles. The molecule has 4 rings (SSSR count). The van der Waals surface area contributed by atoms with E-state index in [2.05, 4.69) is 18.7 Å². The van der Waals surface area contributed by atoms with E-state index >= 15 is 0 Å². The van der Waals surface area contributed by atoms with E-state index in [0.29, 0.717) is 18.7 Å². The maximum Gasteiger partial charge on any atom is 0.227 e. The second kappa shape index (κ2) is 5.41. The minimum absolute atomic E-state index is 0.128. The van der Waals surface area contributed by atoms with Gasteiger partial charge in [0, 0.05) is 35.4 Å². The Balaban J connectivity index is 1.93. The molecule has 0 aliphatic carbocycles. The fraction of sp³-hybridized carbons (Fsp3) is 0.250. The molecule has 1 amide bonds. The first-order valence-corrected chi connectivity index (χ1v) is 8.04. The molecule has 0 radical (unpaired) electrons. The quantitative estimate of drug-likeness (QED) is 0.716.